The Morgan fingerprint density at radius 3 is 2.28 bits per heavy atom. The van der Waals surface area contributed by atoms with E-state index in [9.17, 15) is 9.59 Å². The first kappa shape index (κ1) is 22.6. The number of carbonyl (C=O) groups excluding carboxylic acids is 2. The van der Waals surface area contributed by atoms with Gasteiger partial charge in [-0.3, -0.25) is 9.59 Å². The third kappa shape index (κ3) is 6.71. The smallest absolute Gasteiger partial charge is 0.319 e. The zero-order chi connectivity index (χ0) is 21.4. The number of thioether (sulfide) groups is 1. The van der Waals surface area contributed by atoms with Crippen LogP contribution in [0.3, 0.4) is 0 Å². The van der Waals surface area contributed by atoms with Gasteiger partial charge in [0, 0.05) is 11.4 Å². The fraction of sp³-hybridized carbons (Fsp3) is 0.364. The van der Waals surface area contributed by atoms with Gasteiger partial charge in [-0.1, -0.05) is 23.8 Å². The van der Waals surface area contributed by atoms with E-state index < -0.39 is 17.3 Å². The number of benzene rings is 2. The molecule has 0 spiro atoms. The molecule has 0 fully saturated rings. The van der Waals surface area contributed by atoms with Crippen molar-refractivity contribution in [3.05, 3.63) is 53.6 Å². The Morgan fingerprint density at radius 1 is 1.00 bits per heavy atom. The predicted octanol–water partition coefficient (Wildman–Crippen LogP) is 3.74. The summed E-state index contributed by atoms with van der Waals surface area (Å²) in [5.41, 5.74) is 2.00. The van der Waals surface area contributed by atoms with E-state index in [0.717, 1.165) is 16.0 Å². The predicted molar refractivity (Wildman–Crippen MR) is 113 cm³/mol. The average Bonchev–Trinajstić information content (AvgIpc) is 2.73. The Kier molecular flexibility index (Phi) is 8.39. The second kappa shape index (κ2) is 10.8. The van der Waals surface area contributed by atoms with Crippen molar-refractivity contribution in [3.8, 4) is 11.5 Å². The molecule has 1 amide bonds. The van der Waals surface area contributed by atoms with Crippen LogP contribution in [0.2, 0.25) is 0 Å². The lowest BCUT2D eigenvalue weighted by molar-refractivity contribution is -0.154. The van der Waals surface area contributed by atoms with Crippen LogP contribution in [0.4, 0.5) is 0 Å². The summed E-state index contributed by atoms with van der Waals surface area (Å²) in [5, 5.41) is 2.35. The number of carbonyl (C=O) groups is 2. The van der Waals surface area contributed by atoms with Gasteiger partial charge in [0.2, 0.25) is 0 Å². The molecule has 156 valence electrons. The molecule has 0 saturated carbocycles. The van der Waals surface area contributed by atoms with Crippen LogP contribution in [0, 0.1) is 6.92 Å². The van der Waals surface area contributed by atoms with Gasteiger partial charge in [-0.05, 0) is 50.6 Å². The number of ether oxygens (including phenoxy) is 3. The van der Waals surface area contributed by atoms with E-state index in [4.69, 9.17) is 14.2 Å². The molecule has 29 heavy (non-hydrogen) atoms. The van der Waals surface area contributed by atoms with E-state index in [1.165, 1.54) is 11.8 Å². The fourth-order valence-corrected chi connectivity index (χ4v) is 3.37. The van der Waals surface area contributed by atoms with Gasteiger partial charge < -0.3 is 19.5 Å². The van der Waals surface area contributed by atoms with Gasteiger partial charge in [0.25, 0.3) is 5.91 Å². The van der Waals surface area contributed by atoms with Gasteiger partial charge in [-0.15, -0.1) is 11.8 Å². The van der Waals surface area contributed by atoms with E-state index in [0.29, 0.717) is 11.5 Å². The molecule has 0 aliphatic rings. The number of esters is 1. The monoisotopic (exact) mass is 417 g/mol. The molecule has 2 atom stereocenters. The zero-order valence-corrected chi connectivity index (χ0v) is 18.2. The van der Waals surface area contributed by atoms with Gasteiger partial charge in [0.15, 0.2) is 17.6 Å². The summed E-state index contributed by atoms with van der Waals surface area (Å²) in [7, 11) is 3.12. The largest absolute Gasteiger partial charge is 0.493 e. The van der Waals surface area contributed by atoms with Crippen LogP contribution in [-0.2, 0) is 20.9 Å². The highest BCUT2D eigenvalue weighted by molar-refractivity contribution is 8.00. The molecule has 0 aliphatic heterocycles. The molecule has 2 aromatic rings. The molecule has 0 saturated heterocycles. The molecule has 0 aromatic heterocycles. The third-order valence-electron chi connectivity index (χ3n) is 4.24. The molecule has 7 heteroatoms. The molecule has 0 unspecified atom stereocenters. The lowest BCUT2D eigenvalue weighted by atomic mass is 10.2. The molecule has 2 rings (SSSR count). The number of rotatable bonds is 9. The minimum Gasteiger partial charge on any atom is -0.493 e. The van der Waals surface area contributed by atoms with Crippen LogP contribution in [0.25, 0.3) is 0 Å². The van der Waals surface area contributed by atoms with Crippen LogP contribution in [0.15, 0.2) is 47.4 Å². The van der Waals surface area contributed by atoms with Gasteiger partial charge >= 0.3 is 5.97 Å². The number of hydrogen-bond donors (Lipinski definition) is 1. The summed E-state index contributed by atoms with van der Waals surface area (Å²) in [6, 6.07) is 13.3. The third-order valence-corrected chi connectivity index (χ3v) is 5.33. The molecule has 2 aromatic carbocycles. The van der Waals surface area contributed by atoms with E-state index in [2.05, 4.69) is 5.32 Å². The Balaban J connectivity index is 1.84. The molecule has 0 radical (unpaired) electrons. The number of hydrogen-bond acceptors (Lipinski definition) is 6. The highest BCUT2D eigenvalue weighted by Gasteiger charge is 2.22. The molecular weight excluding hydrogens is 390 g/mol. The molecular formula is C22H27NO5S. The minimum absolute atomic E-state index is 0.286. The summed E-state index contributed by atoms with van der Waals surface area (Å²) in [4.78, 5) is 25.6. The van der Waals surface area contributed by atoms with E-state index in [1.807, 2.05) is 37.3 Å². The molecule has 1 N–H and O–H groups in total. The molecule has 0 bridgehead atoms. The fourth-order valence-electron chi connectivity index (χ4n) is 2.52. The Morgan fingerprint density at radius 2 is 1.66 bits per heavy atom. The summed E-state index contributed by atoms with van der Waals surface area (Å²) < 4.78 is 15.8. The first-order valence-corrected chi connectivity index (χ1v) is 10.1. The van der Waals surface area contributed by atoms with E-state index in [-0.39, 0.29) is 12.5 Å². The van der Waals surface area contributed by atoms with Crippen molar-refractivity contribution < 1.29 is 23.8 Å². The minimum atomic E-state index is -0.885. The lowest BCUT2D eigenvalue weighted by Crippen LogP contribution is -2.36. The van der Waals surface area contributed by atoms with Crippen LogP contribution < -0.4 is 14.8 Å². The van der Waals surface area contributed by atoms with Gasteiger partial charge in [-0.2, -0.15) is 0 Å². The number of aryl methyl sites for hydroxylation is 1. The van der Waals surface area contributed by atoms with Crippen molar-refractivity contribution >= 4 is 23.6 Å². The number of nitrogens with one attached hydrogen (secondary N) is 1. The highest BCUT2D eigenvalue weighted by atomic mass is 32.2. The zero-order valence-electron chi connectivity index (χ0n) is 17.4. The van der Waals surface area contributed by atoms with E-state index in [1.54, 1.807) is 40.2 Å². The van der Waals surface area contributed by atoms with Gasteiger partial charge in [0.1, 0.15) is 5.25 Å². The number of amides is 1. The van der Waals surface area contributed by atoms with Crippen molar-refractivity contribution in [1.82, 2.24) is 5.32 Å². The van der Waals surface area contributed by atoms with Crippen molar-refractivity contribution in [1.29, 1.82) is 0 Å². The summed E-state index contributed by atoms with van der Waals surface area (Å²) in [6.07, 6.45) is -0.885. The Bertz CT molecular complexity index is 838. The van der Waals surface area contributed by atoms with E-state index >= 15 is 0 Å². The van der Waals surface area contributed by atoms with Crippen LogP contribution in [0.5, 0.6) is 11.5 Å². The van der Waals surface area contributed by atoms with Crippen LogP contribution in [0.1, 0.15) is 25.0 Å². The summed E-state index contributed by atoms with van der Waals surface area (Å²) in [5.74, 6) is 0.413. The summed E-state index contributed by atoms with van der Waals surface area (Å²) >= 11 is 1.40. The second-order valence-corrected chi connectivity index (χ2v) is 7.97. The average molecular weight is 418 g/mol. The van der Waals surface area contributed by atoms with Crippen LogP contribution >= 0.6 is 11.8 Å². The standard InChI is InChI=1S/C22H27NO5S/c1-14-6-9-18(10-7-14)29-16(3)22(25)28-15(2)21(24)23-13-17-8-11-19(26-4)20(12-17)27-5/h6-12,15-16H,13H2,1-5H3,(H,23,24)/t15-,16+/m0/s1. The summed E-state index contributed by atoms with van der Waals surface area (Å²) in [6.45, 7) is 5.62. The SMILES string of the molecule is COc1ccc(CNC(=O)[C@H](C)OC(=O)[C@@H](C)Sc2ccc(C)cc2)cc1OC. The first-order valence-electron chi connectivity index (χ1n) is 9.26. The maximum absolute atomic E-state index is 12.3. The van der Waals surface area contributed by atoms with Crippen LogP contribution in [-0.4, -0.2) is 37.4 Å². The quantitative estimate of drug-likeness (QED) is 0.495. The highest BCUT2D eigenvalue weighted by Crippen LogP contribution is 2.27. The number of methoxy groups -OCH3 is 2. The van der Waals surface area contributed by atoms with Crippen molar-refractivity contribution in [2.24, 2.45) is 0 Å². The maximum Gasteiger partial charge on any atom is 0.319 e. The van der Waals surface area contributed by atoms with Gasteiger partial charge in [-0.25, -0.2) is 0 Å². The molecule has 0 aliphatic carbocycles. The van der Waals surface area contributed by atoms with Crippen molar-refractivity contribution in [2.45, 2.75) is 43.6 Å². The first-order chi connectivity index (χ1) is 13.8. The Labute approximate surface area is 175 Å². The normalized spacial score (nSPS) is 12.6. The Hall–Kier alpha value is -2.67. The van der Waals surface area contributed by atoms with Gasteiger partial charge in [0.05, 0.1) is 14.2 Å². The maximum atomic E-state index is 12.3. The molecule has 6 nitrogen and oxygen atoms in total. The van der Waals surface area contributed by atoms with Crippen molar-refractivity contribution in [3.63, 3.8) is 0 Å². The lowest BCUT2D eigenvalue weighted by Gasteiger charge is -2.17. The van der Waals surface area contributed by atoms with Crippen molar-refractivity contribution in [2.75, 3.05) is 14.2 Å². The second-order valence-electron chi connectivity index (χ2n) is 6.56. The topological polar surface area (TPSA) is 73.9 Å². The molecule has 0 heterocycles.